The molecule has 0 bridgehead atoms. The normalized spacial score (nSPS) is 46.7. The van der Waals surface area contributed by atoms with E-state index in [9.17, 15) is 10.4 Å². The van der Waals surface area contributed by atoms with Crippen molar-refractivity contribution < 1.29 is 5.11 Å². The van der Waals surface area contributed by atoms with Crippen LogP contribution in [-0.2, 0) is 0 Å². The van der Waals surface area contributed by atoms with Gasteiger partial charge in [-0.1, -0.05) is 20.3 Å². The Bertz CT molecular complexity index is 311. The van der Waals surface area contributed by atoms with Crippen LogP contribution in [0.2, 0.25) is 0 Å². The molecule has 17 heavy (non-hydrogen) atoms. The molecule has 2 aliphatic carbocycles. The van der Waals surface area contributed by atoms with E-state index in [4.69, 9.17) is 0 Å². The average Bonchev–Trinajstić information content (AvgIpc) is 2.74. The molecule has 0 aromatic rings. The van der Waals surface area contributed by atoms with Crippen molar-refractivity contribution in [1.29, 1.82) is 5.26 Å². The van der Waals surface area contributed by atoms with Gasteiger partial charge in [0.15, 0.2) is 0 Å². The lowest BCUT2D eigenvalue weighted by molar-refractivity contribution is -0.0902. The lowest BCUT2D eigenvalue weighted by Crippen LogP contribution is -2.48. The molecule has 2 heteroatoms. The van der Waals surface area contributed by atoms with Crippen LogP contribution in [0.3, 0.4) is 0 Å². The summed E-state index contributed by atoms with van der Waals surface area (Å²) in [5.74, 6) is 1.37. The van der Waals surface area contributed by atoms with Crippen molar-refractivity contribution in [2.75, 3.05) is 0 Å². The first kappa shape index (κ1) is 12.9. The molecule has 2 saturated carbocycles. The van der Waals surface area contributed by atoms with Crippen molar-refractivity contribution in [3.63, 3.8) is 0 Å². The summed E-state index contributed by atoms with van der Waals surface area (Å²) in [7, 11) is 0. The summed E-state index contributed by atoms with van der Waals surface area (Å²) in [6.07, 6.45) is 8.00. The Morgan fingerprint density at radius 1 is 1.24 bits per heavy atom. The molecule has 0 saturated heterocycles. The van der Waals surface area contributed by atoms with E-state index in [1.807, 2.05) is 0 Å². The van der Waals surface area contributed by atoms with Gasteiger partial charge in [0.05, 0.1) is 17.1 Å². The molecule has 0 aliphatic heterocycles. The van der Waals surface area contributed by atoms with Crippen LogP contribution in [0.25, 0.3) is 0 Å². The lowest BCUT2D eigenvalue weighted by atomic mass is 9.62. The lowest BCUT2D eigenvalue weighted by Gasteiger charge is -2.45. The fraction of sp³-hybridized carbons (Fsp3) is 0.933. The summed E-state index contributed by atoms with van der Waals surface area (Å²) in [5, 5.41) is 20.5. The molecule has 0 heterocycles. The fourth-order valence-electron chi connectivity index (χ4n) is 3.96. The summed E-state index contributed by atoms with van der Waals surface area (Å²) >= 11 is 0. The number of rotatable bonds is 2. The quantitative estimate of drug-likeness (QED) is 0.794. The van der Waals surface area contributed by atoms with Gasteiger partial charge in [-0.2, -0.15) is 5.26 Å². The van der Waals surface area contributed by atoms with E-state index >= 15 is 0 Å². The van der Waals surface area contributed by atoms with Gasteiger partial charge in [0.2, 0.25) is 0 Å². The third kappa shape index (κ3) is 2.10. The molecular weight excluding hydrogens is 210 g/mol. The molecule has 2 nitrogen and oxygen atoms in total. The molecule has 0 spiro atoms. The second kappa shape index (κ2) is 4.61. The van der Waals surface area contributed by atoms with E-state index in [1.165, 1.54) is 6.42 Å². The van der Waals surface area contributed by atoms with Gasteiger partial charge >= 0.3 is 0 Å². The van der Waals surface area contributed by atoms with Gasteiger partial charge in [0.1, 0.15) is 0 Å². The van der Waals surface area contributed by atoms with E-state index in [1.54, 1.807) is 0 Å². The SMILES string of the molecule is CCC1CCC(O)(C2(C#N)CCC(C)C2)CC1. The molecular formula is C15H25NO. The minimum Gasteiger partial charge on any atom is -0.388 e. The average molecular weight is 235 g/mol. The van der Waals surface area contributed by atoms with Crippen molar-refractivity contribution in [2.45, 2.75) is 70.8 Å². The van der Waals surface area contributed by atoms with Crippen LogP contribution in [0.4, 0.5) is 0 Å². The highest BCUT2D eigenvalue weighted by molar-refractivity contribution is 5.15. The van der Waals surface area contributed by atoms with E-state index in [0.717, 1.165) is 50.9 Å². The molecule has 2 fully saturated rings. The zero-order valence-corrected chi connectivity index (χ0v) is 11.2. The highest BCUT2D eigenvalue weighted by Gasteiger charge is 2.54. The van der Waals surface area contributed by atoms with E-state index in [2.05, 4.69) is 19.9 Å². The van der Waals surface area contributed by atoms with Crippen molar-refractivity contribution in [2.24, 2.45) is 17.3 Å². The van der Waals surface area contributed by atoms with Gasteiger partial charge in [0, 0.05) is 0 Å². The molecule has 96 valence electrons. The summed E-state index contributed by atoms with van der Waals surface area (Å²) in [5.41, 5.74) is -1.14. The predicted octanol–water partition coefficient (Wildman–Crippen LogP) is 3.65. The van der Waals surface area contributed by atoms with Crippen molar-refractivity contribution >= 4 is 0 Å². The summed E-state index contributed by atoms with van der Waals surface area (Å²) < 4.78 is 0. The molecule has 0 aromatic heterocycles. The molecule has 2 aliphatic rings. The van der Waals surface area contributed by atoms with E-state index in [0.29, 0.717) is 5.92 Å². The number of nitrogens with zero attached hydrogens (tertiary/aromatic N) is 1. The molecule has 0 aromatic carbocycles. The van der Waals surface area contributed by atoms with Crippen LogP contribution >= 0.6 is 0 Å². The van der Waals surface area contributed by atoms with Crippen LogP contribution < -0.4 is 0 Å². The van der Waals surface area contributed by atoms with E-state index in [-0.39, 0.29) is 0 Å². The number of hydrogen-bond donors (Lipinski definition) is 1. The highest BCUT2D eigenvalue weighted by Crippen LogP contribution is 2.54. The Morgan fingerprint density at radius 2 is 1.88 bits per heavy atom. The maximum absolute atomic E-state index is 10.9. The standard InChI is InChI=1S/C15H25NO/c1-3-13-5-8-15(17,9-6-13)14(11-16)7-4-12(2)10-14/h12-13,17H,3-10H2,1-2H3. The predicted molar refractivity (Wildman–Crippen MR) is 68.3 cm³/mol. The van der Waals surface area contributed by atoms with Crippen molar-refractivity contribution in [3.05, 3.63) is 0 Å². The Balaban J connectivity index is 2.13. The smallest absolute Gasteiger partial charge is 0.0862 e. The van der Waals surface area contributed by atoms with Crippen LogP contribution in [0.5, 0.6) is 0 Å². The Morgan fingerprint density at radius 3 is 2.29 bits per heavy atom. The second-order valence-corrected chi connectivity index (χ2v) is 6.43. The zero-order valence-electron chi connectivity index (χ0n) is 11.2. The second-order valence-electron chi connectivity index (χ2n) is 6.43. The highest BCUT2D eigenvalue weighted by atomic mass is 16.3. The number of nitriles is 1. The van der Waals surface area contributed by atoms with Crippen LogP contribution in [0.1, 0.15) is 65.2 Å². The maximum atomic E-state index is 10.9. The monoisotopic (exact) mass is 235 g/mol. The first-order chi connectivity index (χ1) is 8.05. The number of aliphatic hydroxyl groups is 1. The molecule has 2 atom stereocenters. The minimum atomic E-state index is -0.696. The zero-order chi connectivity index (χ0) is 12.5. The van der Waals surface area contributed by atoms with Gasteiger partial charge in [-0.05, 0) is 56.8 Å². The van der Waals surface area contributed by atoms with E-state index < -0.39 is 11.0 Å². The van der Waals surface area contributed by atoms with Crippen molar-refractivity contribution in [3.8, 4) is 6.07 Å². The van der Waals surface area contributed by atoms with Gasteiger partial charge in [0.25, 0.3) is 0 Å². The summed E-state index contributed by atoms with van der Waals surface area (Å²) in [4.78, 5) is 0. The molecule has 2 unspecified atom stereocenters. The molecule has 2 rings (SSSR count). The largest absolute Gasteiger partial charge is 0.388 e. The van der Waals surface area contributed by atoms with Crippen LogP contribution in [0, 0.1) is 28.6 Å². The first-order valence-corrected chi connectivity index (χ1v) is 7.19. The number of hydrogen-bond acceptors (Lipinski definition) is 2. The van der Waals surface area contributed by atoms with Crippen LogP contribution in [-0.4, -0.2) is 10.7 Å². The molecule has 1 N–H and O–H groups in total. The minimum absolute atomic E-state index is 0.439. The first-order valence-electron chi connectivity index (χ1n) is 7.19. The molecule has 0 amide bonds. The Hall–Kier alpha value is -0.550. The summed E-state index contributed by atoms with van der Waals surface area (Å²) in [6.45, 7) is 4.44. The topological polar surface area (TPSA) is 44.0 Å². The fourth-order valence-corrected chi connectivity index (χ4v) is 3.96. The Labute approximate surface area is 105 Å². The van der Waals surface area contributed by atoms with Gasteiger partial charge in [-0.15, -0.1) is 0 Å². The third-order valence-corrected chi connectivity index (χ3v) is 5.38. The summed E-state index contributed by atoms with van der Waals surface area (Å²) in [6, 6.07) is 2.50. The van der Waals surface area contributed by atoms with Gasteiger partial charge in [-0.25, -0.2) is 0 Å². The van der Waals surface area contributed by atoms with Crippen LogP contribution in [0.15, 0.2) is 0 Å². The Kier molecular flexibility index (Phi) is 3.50. The van der Waals surface area contributed by atoms with Gasteiger partial charge < -0.3 is 5.11 Å². The van der Waals surface area contributed by atoms with Crippen molar-refractivity contribution in [1.82, 2.24) is 0 Å². The van der Waals surface area contributed by atoms with Gasteiger partial charge in [-0.3, -0.25) is 0 Å². The maximum Gasteiger partial charge on any atom is 0.0862 e. The molecule has 0 radical (unpaired) electrons. The third-order valence-electron chi connectivity index (χ3n) is 5.38.